The molecule has 0 amide bonds. The second kappa shape index (κ2) is 2.71. The molecule has 15 heavy (non-hydrogen) atoms. The summed E-state index contributed by atoms with van der Waals surface area (Å²) in [5, 5.41) is 0. The first-order chi connectivity index (χ1) is 7.05. The van der Waals surface area contributed by atoms with Crippen molar-refractivity contribution in [2.24, 2.45) is 0 Å². The lowest BCUT2D eigenvalue weighted by Crippen LogP contribution is -2.00. The van der Waals surface area contributed by atoms with Gasteiger partial charge >= 0.3 is 0 Å². The maximum absolute atomic E-state index is 11.4. The van der Waals surface area contributed by atoms with Gasteiger partial charge < -0.3 is 4.74 Å². The van der Waals surface area contributed by atoms with Crippen LogP contribution < -0.4 is 0 Å². The average Bonchev–Trinajstić information content (AvgIpc) is 2.76. The predicted molar refractivity (Wildman–Crippen MR) is 55.3 cm³/mol. The number of rotatable bonds is 1. The van der Waals surface area contributed by atoms with Crippen molar-refractivity contribution < 1.29 is 13.2 Å². The third kappa shape index (κ3) is 1.25. The van der Waals surface area contributed by atoms with E-state index in [0.717, 1.165) is 11.1 Å². The molecule has 2 atom stereocenters. The highest BCUT2D eigenvalue weighted by Gasteiger charge is 2.33. The highest BCUT2D eigenvalue weighted by atomic mass is 32.2. The van der Waals surface area contributed by atoms with Gasteiger partial charge in [0.1, 0.15) is 12.2 Å². The maximum atomic E-state index is 11.4. The van der Waals surface area contributed by atoms with Crippen LogP contribution in [0.5, 0.6) is 0 Å². The summed E-state index contributed by atoms with van der Waals surface area (Å²) in [6, 6.07) is 5.21. The number of fused-ring (bicyclic) bond motifs is 5. The lowest BCUT2D eigenvalue weighted by Gasteiger charge is -2.08. The van der Waals surface area contributed by atoms with Crippen LogP contribution in [0.3, 0.4) is 0 Å². The van der Waals surface area contributed by atoms with Crippen LogP contribution in [-0.2, 0) is 14.6 Å². The van der Waals surface area contributed by atoms with Crippen LogP contribution >= 0.6 is 0 Å². The number of sulfone groups is 1. The molecule has 0 N–H and O–H groups in total. The van der Waals surface area contributed by atoms with Crippen molar-refractivity contribution in [3.63, 3.8) is 0 Å². The molecule has 0 spiro atoms. The zero-order chi connectivity index (χ0) is 10.6. The van der Waals surface area contributed by atoms with Crippen LogP contribution in [0.4, 0.5) is 0 Å². The molecule has 2 bridgehead atoms. The molecular weight excluding hydrogens is 212 g/mol. The lowest BCUT2D eigenvalue weighted by atomic mass is 9.97. The minimum absolute atomic E-state index is 0.0265. The van der Waals surface area contributed by atoms with Crippen molar-refractivity contribution in [1.82, 2.24) is 0 Å². The highest BCUT2D eigenvalue weighted by molar-refractivity contribution is 7.90. The van der Waals surface area contributed by atoms with Crippen molar-refractivity contribution >= 4 is 9.84 Å². The summed E-state index contributed by atoms with van der Waals surface area (Å²) >= 11 is 0. The lowest BCUT2D eigenvalue weighted by molar-refractivity contribution is 0.0878. The van der Waals surface area contributed by atoms with E-state index in [1.54, 1.807) is 12.1 Å². The number of benzene rings is 1. The van der Waals surface area contributed by atoms with Crippen LogP contribution in [0.15, 0.2) is 35.2 Å². The zero-order valence-corrected chi connectivity index (χ0v) is 8.99. The Morgan fingerprint density at radius 3 is 2.47 bits per heavy atom. The number of hydrogen-bond donors (Lipinski definition) is 0. The van der Waals surface area contributed by atoms with Gasteiger partial charge in [-0.15, -0.1) is 0 Å². The fourth-order valence-corrected chi connectivity index (χ4v) is 2.75. The molecule has 1 aromatic carbocycles. The van der Waals surface area contributed by atoms with Gasteiger partial charge in [0, 0.05) is 6.26 Å². The van der Waals surface area contributed by atoms with E-state index in [4.69, 9.17) is 4.74 Å². The van der Waals surface area contributed by atoms with E-state index < -0.39 is 9.84 Å². The molecule has 3 nitrogen and oxygen atoms in total. The Hall–Kier alpha value is -1.13. The van der Waals surface area contributed by atoms with Gasteiger partial charge in [0.25, 0.3) is 0 Å². The second-order valence-electron chi connectivity index (χ2n) is 3.93. The summed E-state index contributed by atoms with van der Waals surface area (Å²) in [6.45, 7) is 0. The third-order valence-corrected chi connectivity index (χ3v) is 3.96. The topological polar surface area (TPSA) is 43.4 Å². The summed E-state index contributed by atoms with van der Waals surface area (Å²) in [6.07, 6.45) is 5.18. The molecule has 2 unspecified atom stereocenters. The zero-order valence-electron chi connectivity index (χ0n) is 8.17. The summed E-state index contributed by atoms with van der Waals surface area (Å²) in [5.74, 6) is 0. The standard InChI is InChI=1S/C11H10O3S/c1-15(12,13)7-2-3-8-9(6-7)11-5-4-10(8)14-11/h2-6,10-11H,1H3. The third-order valence-electron chi connectivity index (χ3n) is 2.85. The van der Waals surface area contributed by atoms with Gasteiger partial charge in [-0.05, 0) is 23.3 Å². The van der Waals surface area contributed by atoms with Crippen LogP contribution in [0, 0.1) is 0 Å². The van der Waals surface area contributed by atoms with Gasteiger partial charge in [-0.2, -0.15) is 0 Å². The van der Waals surface area contributed by atoms with Crippen LogP contribution in [0.25, 0.3) is 0 Å². The molecule has 2 aliphatic heterocycles. The summed E-state index contributed by atoms with van der Waals surface area (Å²) in [4.78, 5) is 0.366. The Balaban J connectivity index is 2.19. The van der Waals surface area contributed by atoms with E-state index in [1.165, 1.54) is 6.26 Å². The van der Waals surface area contributed by atoms with Crippen molar-refractivity contribution in [1.29, 1.82) is 0 Å². The van der Waals surface area contributed by atoms with E-state index in [2.05, 4.69) is 0 Å². The predicted octanol–water partition coefficient (Wildman–Crippen LogP) is 1.77. The first-order valence-electron chi connectivity index (χ1n) is 4.73. The smallest absolute Gasteiger partial charge is 0.175 e. The number of ether oxygens (including phenoxy) is 1. The van der Waals surface area contributed by atoms with Crippen LogP contribution in [-0.4, -0.2) is 14.7 Å². The Morgan fingerprint density at radius 2 is 1.80 bits per heavy atom. The van der Waals surface area contributed by atoms with E-state index >= 15 is 0 Å². The van der Waals surface area contributed by atoms with Crippen molar-refractivity contribution in [2.75, 3.05) is 6.26 Å². The van der Waals surface area contributed by atoms with Crippen molar-refractivity contribution in [2.45, 2.75) is 17.1 Å². The SMILES string of the molecule is CS(=O)(=O)c1ccc2c(c1)C1C=CC2O1. The minimum atomic E-state index is -3.12. The van der Waals surface area contributed by atoms with Crippen molar-refractivity contribution in [3.8, 4) is 0 Å². The first kappa shape index (κ1) is 9.12. The van der Waals surface area contributed by atoms with E-state index in [9.17, 15) is 8.42 Å². The summed E-state index contributed by atoms with van der Waals surface area (Å²) < 4.78 is 28.4. The first-order valence-corrected chi connectivity index (χ1v) is 6.62. The Kier molecular flexibility index (Phi) is 1.65. The highest BCUT2D eigenvalue weighted by Crippen LogP contribution is 2.46. The Labute approximate surface area is 88.3 Å². The normalized spacial score (nSPS) is 27.0. The minimum Gasteiger partial charge on any atom is -0.357 e. The Morgan fingerprint density at radius 1 is 1.13 bits per heavy atom. The average molecular weight is 222 g/mol. The van der Waals surface area contributed by atoms with Gasteiger partial charge in [-0.3, -0.25) is 0 Å². The van der Waals surface area contributed by atoms with Gasteiger partial charge in [0.05, 0.1) is 4.90 Å². The molecule has 78 valence electrons. The molecule has 0 saturated heterocycles. The molecule has 0 radical (unpaired) electrons. The van der Waals surface area contributed by atoms with E-state index in [1.807, 2.05) is 18.2 Å². The molecular formula is C11H10O3S. The molecule has 0 saturated carbocycles. The molecule has 0 aromatic heterocycles. The van der Waals surface area contributed by atoms with Gasteiger partial charge in [-0.25, -0.2) is 8.42 Å². The monoisotopic (exact) mass is 222 g/mol. The Bertz CT molecular complexity index is 557. The molecule has 3 rings (SSSR count). The molecule has 2 aliphatic rings. The molecule has 2 heterocycles. The van der Waals surface area contributed by atoms with Gasteiger partial charge in [-0.1, -0.05) is 18.2 Å². The summed E-state index contributed by atoms with van der Waals surface area (Å²) in [5.41, 5.74) is 2.08. The molecule has 1 aromatic rings. The van der Waals surface area contributed by atoms with E-state index in [-0.39, 0.29) is 12.2 Å². The van der Waals surface area contributed by atoms with Crippen molar-refractivity contribution in [3.05, 3.63) is 41.5 Å². The second-order valence-corrected chi connectivity index (χ2v) is 5.94. The molecule has 4 heteroatoms. The van der Waals surface area contributed by atoms with Crippen LogP contribution in [0.2, 0.25) is 0 Å². The largest absolute Gasteiger partial charge is 0.357 e. The van der Waals surface area contributed by atoms with Crippen LogP contribution in [0.1, 0.15) is 23.3 Å². The maximum Gasteiger partial charge on any atom is 0.175 e. The van der Waals surface area contributed by atoms with E-state index in [0.29, 0.717) is 4.90 Å². The fraction of sp³-hybridized carbons (Fsp3) is 0.273. The van der Waals surface area contributed by atoms with Gasteiger partial charge in [0.15, 0.2) is 9.84 Å². The molecule has 0 aliphatic carbocycles. The quantitative estimate of drug-likeness (QED) is 0.680. The van der Waals surface area contributed by atoms with Gasteiger partial charge in [0.2, 0.25) is 0 Å². The fourth-order valence-electron chi connectivity index (χ4n) is 2.09. The summed E-state index contributed by atoms with van der Waals surface area (Å²) in [7, 11) is -3.12. The number of hydrogen-bond acceptors (Lipinski definition) is 3. The molecule has 0 fully saturated rings.